The summed E-state index contributed by atoms with van der Waals surface area (Å²) in [6, 6.07) is 8.91. The number of carbonyl (C=O) groups is 1. The number of halogens is 2. The van der Waals surface area contributed by atoms with E-state index in [-0.39, 0.29) is 17.4 Å². The molecule has 0 radical (unpaired) electrons. The van der Waals surface area contributed by atoms with Crippen molar-refractivity contribution in [3.63, 3.8) is 0 Å². The van der Waals surface area contributed by atoms with E-state index in [1.807, 2.05) is 18.2 Å². The van der Waals surface area contributed by atoms with E-state index in [0.717, 1.165) is 10.6 Å². The Labute approximate surface area is 148 Å². The lowest BCUT2D eigenvalue weighted by molar-refractivity contribution is -0.118. The summed E-state index contributed by atoms with van der Waals surface area (Å²) in [7, 11) is 0. The zero-order valence-corrected chi connectivity index (χ0v) is 15.2. The predicted molar refractivity (Wildman–Crippen MR) is 94.2 cm³/mol. The lowest BCUT2D eigenvalue weighted by atomic mass is 10.2. The number of benzene rings is 1. The fourth-order valence-corrected chi connectivity index (χ4v) is 3.32. The summed E-state index contributed by atoms with van der Waals surface area (Å²) in [4.78, 5) is 15.8. The standard InChI is InChI=1S/C14H11Br2N3O2S/c15-10-5-9(6-11(16)14(10)21)7-18-19-12(20)8-22-13-3-1-2-4-17-13/h1-7,21H,8H2,(H,19,20). The monoisotopic (exact) mass is 443 g/mol. The summed E-state index contributed by atoms with van der Waals surface area (Å²) in [6.07, 6.45) is 3.18. The minimum absolute atomic E-state index is 0.118. The molecule has 0 aliphatic rings. The van der Waals surface area contributed by atoms with Gasteiger partial charge in [-0.25, -0.2) is 10.4 Å². The molecule has 1 aromatic heterocycles. The Bertz CT molecular complexity index is 673. The van der Waals surface area contributed by atoms with Crippen LogP contribution in [0.5, 0.6) is 5.75 Å². The first-order valence-electron chi connectivity index (χ1n) is 6.10. The van der Waals surface area contributed by atoms with Crippen LogP contribution in [0.1, 0.15) is 5.56 Å². The van der Waals surface area contributed by atoms with Crippen molar-refractivity contribution in [2.45, 2.75) is 5.03 Å². The Kier molecular flexibility index (Phi) is 6.41. The number of pyridine rings is 1. The predicted octanol–water partition coefficient (Wildman–Crippen LogP) is 3.55. The molecular formula is C14H11Br2N3O2S. The van der Waals surface area contributed by atoms with Gasteiger partial charge < -0.3 is 5.11 Å². The third-order valence-electron chi connectivity index (χ3n) is 2.43. The molecule has 0 fully saturated rings. The second-order valence-corrected chi connectivity index (χ2v) is 6.79. The smallest absolute Gasteiger partial charge is 0.250 e. The van der Waals surface area contributed by atoms with Gasteiger partial charge in [0.15, 0.2) is 0 Å². The average molecular weight is 445 g/mol. The first-order chi connectivity index (χ1) is 10.6. The van der Waals surface area contributed by atoms with E-state index in [9.17, 15) is 9.90 Å². The summed E-state index contributed by atoms with van der Waals surface area (Å²) in [5.74, 6) is 0.133. The number of hydrazone groups is 1. The summed E-state index contributed by atoms with van der Waals surface area (Å²) >= 11 is 7.79. The van der Waals surface area contributed by atoms with E-state index in [2.05, 4.69) is 47.4 Å². The van der Waals surface area contributed by atoms with Crippen molar-refractivity contribution in [2.75, 3.05) is 5.75 Å². The van der Waals surface area contributed by atoms with Crippen molar-refractivity contribution in [1.29, 1.82) is 0 Å². The highest BCUT2D eigenvalue weighted by atomic mass is 79.9. The number of phenols is 1. The van der Waals surface area contributed by atoms with Gasteiger partial charge in [-0.1, -0.05) is 17.8 Å². The number of rotatable bonds is 5. The van der Waals surface area contributed by atoms with Gasteiger partial charge >= 0.3 is 0 Å². The van der Waals surface area contributed by atoms with Crippen LogP contribution in [0, 0.1) is 0 Å². The number of carbonyl (C=O) groups excluding carboxylic acids is 1. The van der Waals surface area contributed by atoms with Crippen LogP contribution in [0.15, 0.2) is 55.6 Å². The zero-order valence-electron chi connectivity index (χ0n) is 11.2. The largest absolute Gasteiger partial charge is 0.506 e. The van der Waals surface area contributed by atoms with E-state index >= 15 is 0 Å². The van der Waals surface area contributed by atoms with Gasteiger partial charge in [-0.3, -0.25) is 4.79 Å². The van der Waals surface area contributed by atoms with Crippen LogP contribution in [0.2, 0.25) is 0 Å². The van der Waals surface area contributed by atoms with Gasteiger partial charge in [-0.05, 0) is 61.7 Å². The van der Waals surface area contributed by atoms with Gasteiger partial charge in [-0.15, -0.1) is 0 Å². The molecule has 114 valence electrons. The number of hydrogen-bond donors (Lipinski definition) is 2. The molecule has 2 aromatic rings. The number of nitrogens with zero attached hydrogens (tertiary/aromatic N) is 2. The van der Waals surface area contributed by atoms with Crippen LogP contribution in [-0.4, -0.2) is 28.0 Å². The fraction of sp³-hybridized carbons (Fsp3) is 0.0714. The number of nitrogens with one attached hydrogen (secondary N) is 1. The third kappa shape index (κ3) is 5.11. The Balaban J connectivity index is 1.85. The maximum Gasteiger partial charge on any atom is 0.250 e. The molecule has 0 aliphatic carbocycles. The van der Waals surface area contributed by atoms with Crippen molar-refractivity contribution < 1.29 is 9.90 Å². The molecule has 0 saturated heterocycles. The molecular weight excluding hydrogens is 434 g/mol. The van der Waals surface area contributed by atoms with Crippen LogP contribution in [0.3, 0.4) is 0 Å². The molecule has 22 heavy (non-hydrogen) atoms. The van der Waals surface area contributed by atoms with Crippen LogP contribution >= 0.6 is 43.6 Å². The minimum atomic E-state index is -0.219. The van der Waals surface area contributed by atoms with Crippen LogP contribution < -0.4 is 5.43 Å². The Hall–Kier alpha value is -1.38. The zero-order chi connectivity index (χ0) is 15.9. The second kappa shape index (κ2) is 8.30. The van der Waals surface area contributed by atoms with Gasteiger partial charge in [0.25, 0.3) is 0 Å². The maximum absolute atomic E-state index is 11.7. The molecule has 2 rings (SSSR count). The molecule has 1 aromatic carbocycles. The quantitative estimate of drug-likeness (QED) is 0.420. The number of phenolic OH excluding ortho intramolecular Hbond substituents is 1. The summed E-state index contributed by atoms with van der Waals surface area (Å²) in [5.41, 5.74) is 3.17. The van der Waals surface area contributed by atoms with Gasteiger partial charge in [-0.2, -0.15) is 5.10 Å². The van der Waals surface area contributed by atoms with E-state index in [1.165, 1.54) is 18.0 Å². The lowest BCUT2D eigenvalue weighted by Gasteiger charge is -2.02. The molecule has 2 N–H and O–H groups in total. The topological polar surface area (TPSA) is 74.6 Å². The SMILES string of the molecule is O=C(CSc1ccccn1)NN=Cc1cc(Br)c(O)c(Br)c1. The van der Waals surface area contributed by atoms with E-state index in [1.54, 1.807) is 18.3 Å². The van der Waals surface area contributed by atoms with Gasteiger partial charge in [0.05, 0.1) is 25.9 Å². The number of aromatic nitrogens is 1. The molecule has 1 heterocycles. The van der Waals surface area contributed by atoms with E-state index < -0.39 is 0 Å². The number of thioether (sulfide) groups is 1. The highest BCUT2D eigenvalue weighted by Crippen LogP contribution is 2.32. The molecule has 0 bridgehead atoms. The van der Waals surface area contributed by atoms with Crippen molar-refractivity contribution in [3.8, 4) is 5.75 Å². The van der Waals surface area contributed by atoms with E-state index in [0.29, 0.717) is 8.95 Å². The third-order valence-corrected chi connectivity index (χ3v) is 4.58. The highest BCUT2D eigenvalue weighted by Gasteiger charge is 2.05. The van der Waals surface area contributed by atoms with Crippen molar-refractivity contribution >= 4 is 55.7 Å². The fourth-order valence-electron chi connectivity index (χ4n) is 1.44. The van der Waals surface area contributed by atoms with Gasteiger partial charge in [0.1, 0.15) is 5.75 Å². The molecule has 1 amide bonds. The second-order valence-electron chi connectivity index (χ2n) is 4.08. The Morgan fingerprint density at radius 3 is 2.73 bits per heavy atom. The summed E-state index contributed by atoms with van der Waals surface area (Å²) in [6.45, 7) is 0. The lowest BCUT2D eigenvalue weighted by Crippen LogP contribution is -2.19. The first kappa shape index (κ1) is 17.0. The molecule has 0 unspecified atom stereocenters. The summed E-state index contributed by atoms with van der Waals surface area (Å²) < 4.78 is 1.08. The molecule has 0 spiro atoms. The number of aromatic hydroxyl groups is 1. The average Bonchev–Trinajstić information content (AvgIpc) is 2.51. The molecule has 5 nitrogen and oxygen atoms in total. The van der Waals surface area contributed by atoms with Crippen molar-refractivity contribution in [2.24, 2.45) is 5.10 Å². The normalized spacial score (nSPS) is 10.8. The molecule has 0 aliphatic heterocycles. The Morgan fingerprint density at radius 2 is 2.09 bits per heavy atom. The number of hydrogen-bond acceptors (Lipinski definition) is 5. The minimum Gasteiger partial charge on any atom is -0.506 e. The molecule has 0 saturated carbocycles. The van der Waals surface area contributed by atoms with Gasteiger partial charge in [0.2, 0.25) is 5.91 Å². The molecule has 0 atom stereocenters. The van der Waals surface area contributed by atoms with Crippen LogP contribution in [0.4, 0.5) is 0 Å². The van der Waals surface area contributed by atoms with Crippen LogP contribution in [-0.2, 0) is 4.79 Å². The van der Waals surface area contributed by atoms with Gasteiger partial charge in [0, 0.05) is 6.20 Å². The molecule has 8 heteroatoms. The highest BCUT2D eigenvalue weighted by molar-refractivity contribution is 9.11. The van der Waals surface area contributed by atoms with Crippen molar-refractivity contribution in [3.05, 3.63) is 51.0 Å². The number of amides is 1. The Morgan fingerprint density at radius 1 is 1.36 bits per heavy atom. The first-order valence-corrected chi connectivity index (χ1v) is 8.67. The van der Waals surface area contributed by atoms with E-state index in [4.69, 9.17) is 0 Å². The summed E-state index contributed by atoms with van der Waals surface area (Å²) in [5, 5.41) is 14.3. The van der Waals surface area contributed by atoms with Crippen LogP contribution in [0.25, 0.3) is 0 Å². The van der Waals surface area contributed by atoms with Crippen molar-refractivity contribution in [1.82, 2.24) is 10.4 Å². The maximum atomic E-state index is 11.7.